The highest BCUT2D eigenvalue weighted by atomic mass is 35.5. The van der Waals surface area contributed by atoms with Gasteiger partial charge in [-0.05, 0) is 30.7 Å². The molecular formula is C23H17Cl2FN4O3S. The number of aromatic nitrogens is 3. The van der Waals surface area contributed by atoms with Crippen LogP contribution >= 0.6 is 23.2 Å². The predicted molar refractivity (Wildman–Crippen MR) is 128 cm³/mol. The second kappa shape index (κ2) is 8.65. The molecule has 0 aliphatic carbocycles. The Labute approximate surface area is 204 Å². The zero-order valence-corrected chi connectivity index (χ0v) is 19.8. The van der Waals surface area contributed by atoms with E-state index >= 15 is 4.39 Å². The van der Waals surface area contributed by atoms with E-state index in [1.165, 1.54) is 29.0 Å². The number of carbonyl (C=O) groups is 1. The van der Waals surface area contributed by atoms with E-state index in [9.17, 15) is 13.2 Å². The molecule has 1 aliphatic rings. The average molecular weight is 519 g/mol. The molecule has 5 rings (SSSR count). The summed E-state index contributed by atoms with van der Waals surface area (Å²) in [7, 11) is -3.16. The molecule has 0 saturated carbocycles. The molecule has 4 aromatic rings. The van der Waals surface area contributed by atoms with Gasteiger partial charge in [-0.3, -0.25) is 4.79 Å². The minimum Gasteiger partial charge on any atom is -0.348 e. The minimum atomic E-state index is -3.16. The maximum absolute atomic E-state index is 15.1. The van der Waals surface area contributed by atoms with Crippen LogP contribution in [0.3, 0.4) is 0 Å². The highest BCUT2D eigenvalue weighted by Gasteiger charge is 2.30. The standard InChI is InChI=1S/C23H17Cl2FN4O3S/c24-13-5-6-16(20(26)9-13)21-17(15-3-1-2-4-19(15)25)10-27-22-18(11-28-30(21)22)23(31)29-14-7-8-34(32,33)12-14/h1-6,9-11,14H,7-8,12H2,(H,29,31)/t14-/m0/s1. The zero-order chi connectivity index (χ0) is 24.0. The predicted octanol–water partition coefficient (Wildman–Crippen LogP) is 4.43. The van der Waals surface area contributed by atoms with Crippen LogP contribution in [-0.4, -0.2) is 46.5 Å². The second-order valence-electron chi connectivity index (χ2n) is 7.99. The number of sulfone groups is 1. The molecule has 1 atom stereocenters. The monoisotopic (exact) mass is 518 g/mol. The molecule has 174 valence electrons. The summed E-state index contributed by atoms with van der Waals surface area (Å²) in [6.45, 7) is 0. The lowest BCUT2D eigenvalue weighted by Crippen LogP contribution is -2.35. The number of rotatable bonds is 4. The van der Waals surface area contributed by atoms with Crippen LogP contribution < -0.4 is 5.32 Å². The Morgan fingerprint density at radius 3 is 2.59 bits per heavy atom. The van der Waals surface area contributed by atoms with Crippen LogP contribution in [0.5, 0.6) is 0 Å². The Bertz CT molecular complexity index is 1560. The maximum Gasteiger partial charge on any atom is 0.257 e. The molecule has 0 radical (unpaired) electrons. The summed E-state index contributed by atoms with van der Waals surface area (Å²) in [5.74, 6) is -1.15. The first kappa shape index (κ1) is 22.8. The number of amides is 1. The smallest absolute Gasteiger partial charge is 0.257 e. The van der Waals surface area contributed by atoms with Crippen molar-refractivity contribution in [3.05, 3.63) is 76.3 Å². The third kappa shape index (κ3) is 4.15. The van der Waals surface area contributed by atoms with E-state index in [1.54, 1.807) is 30.3 Å². The van der Waals surface area contributed by atoms with Crippen molar-refractivity contribution in [2.75, 3.05) is 11.5 Å². The third-order valence-electron chi connectivity index (χ3n) is 5.69. The van der Waals surface area contributed by atoms with Crippen molar-refractivity contribution >= 4 is 44.6 Å². The van der Waals surface area contributed by atoms with Gasteiger partial charge in [0.25, 0.3) is 5.91 Å². The molecule has 1 fully saturated rings. The summed E-state index contributed by atoms with van der Waals surface area (Å²) >= 11 is 12.4. The Balaban J connectivity index is 1.66. The molecule has 0 spiro atoms. The van der Waals surface area contributed by atoms with Gasteiger partial charge in [0.15, 0.2) is 15.5 Å². The van der Waals surface area contributed by atoms with Crippen molar-refractivity contribution in [2.45, 2.75) is 12.5 Å². The van der Waals surface area contributed by atoms with Gasteiger partial charge in [-0.15, -0.1) is 0 Å². The van der Waals surface area contributed by atoms with Gasteiger partial charge in [-0.2, -0.15) is 5.10 Å². The number of hydrogen-bond donors (Lipinski definition) is 1. The summed E-state index contributed by atoms with van der Waals surface area (Å²) in [5.41, 5.74) is 2.00. The quantitative estimate of drug-likeness (QED) is 0.431. The summed E-state index contributed by atoms with van der Waals surface area (Å²) in [4.78, 5) is 17.4. The molecule has 0 unspecified atom stereocenters. The summed E-state index contributed by atoms with van der Waals surface area (Å²) in [5, 5.41) is 7.74. The summed E-state index contributed by atoms with van der Waals surface area (Å²) in [6, 6.07) is 10.9. The minimum absolute atomic E-state index is 0.0339. The lowest BCUT2D eigenvalue weighted by Gasteiger charge is -2.14. The number of nitrogens with one attached hydrogen (secondary N) is 1. The number of fused-ring (bicyclic) bond motifs is 1. The van der Waals surface area contributed by atoms with Gasteiger partial charge < -0.3 is 5.32 Å². The molecular weight excluding hydrogens is 502 g/mol. The van der Waals surface area contributed by atoms with Gasteiger partial charge in [0.1, 0.15) is 11.4 Å². The van der Waals surface area contributed by atoms with E-state index < -0.39 is 27.6 Å². The SMILES string of the molecule is O=C(N[C@H]1CCS(=O)(=O)C1)c1cnn2c(-c3ccc(Cl)cc3F)c(-c3ccccc3Cl)cnc12. The van der Waals surface area contributed by atoms with E-state index in [0.29, 0.717) is 28.3 Å². The fourth-order valence-electron chi connectivity index (χ4n) is 4.08. The molecule has 11 heteroatoms. The summed E-state index contributed by atoms with van der Waals surface area (Å²) < 4.78 is 39.9. The van der Waals surface area contributed by atoms with Crippen LogP contribution in [-0.2, 0) is 9.84 Å². The fraction of sp³-hybridized carbons (Fsp3) is 0.174. The topological polar surface area (TPSA) is 93.4 Å². The second-order valence-corrected chi connectivity index (χ2v) is 11.1. The molecule has 1 amide bonds. The van der Waals surface area contributed by atoms with Gasteiger partial charge in [-0.25, -0.2) is 22.3 Å². The fourth-order valence-corrected chi connectivity index (χ4v) is 6.15. The van der Waals surface area contributed by atoms with Gasteiger partial charge in [0.2, 0.25) is 0 Å². The first-order chi connectivity index (χ1) is 16.2. The van der Waals surface area contributed by atoms with Crippen LogP contribution in [0.1, 0.15) is 16.8 Å². The highest BCUT2D eigenvalue weighted by Crippen LogP contribution is 2.37. The number of nitrogens with zero attached hydrogens (tertiary/aromatic N) is 3. The Morgan fingerprint density at radius 2 is 1.88 bits per heavy atom. The van der Waals surface area contributed by atoms with Crippen molar-refractivity contribution in [1.82, 2.24) is 19.9 Å². The molecule has 0 bridgehead atoms. The lowest BCUT2D eigenvalue weighted by molar-refractivity contribution is 0.0942. The van der Waals surface area contributed by atoms with Crippen LogP contribution in [0, 0.1) is 5.82 Å². The number of hydrogen-bond acceptors (Lipinski definition) is 5. The van der Waals surface area contributed by atoms with Gasteiger partial charge in [0, 0.05) is 39.0 Å². The van der Waals surface area contributed by atoms with E-state index in [4.69, 9.17) is 23.2 Å². The average Bonchev–Trinajstić information content (AvgIpc) is 3.36. The Kier molecular flexibility index (Phi) is 5.79. The van der Waals surface area contributed by atoms with Crippen molar-refractivity contribution in [3.8, 4) is 22.4 Å². The van der Waals surface area contributed by atoms with E-state index in [0.717, 1.165) is 0 Å². The third-order valence-corrected chi connectivity index (χ3v) is 8.02. The van der Waals surface area contributed by atoms with Crippen molar-refractivity contribution in [1.29, 1.82) is 0 Å². The molecule has 2 aromatic carbocycles. The zero-order valence-electron chi connectivity index (χ0n) is 17.5. The van der Waals surface area contributed by atoms with Crippen LogP contribution in [0.4, 0.5) is 4.39 Å². The van der Waals surface area contributed by atoms with Crippen LogP contribution in [0.25, 0.3) is 28.0 Å². The van der Waals surface area contributed by atoms with Crippen molar-refractivity contribution in [3.63, 3.8) is 0 Å². The summed E-state index contributed by atoms with van der Waals surface area (Å²) in [6.07, 6.45) is 3.19. The maximum atomic E-state index is 15.1. The van der Waals surface area contributed by atoms with Gasteiger partial charge >= 0.3 is 0 Å². The molecule has 3 heterocycles. The largest absolute Gasteiger partial charge is 0.348 e. The Morgan fingerprint density at radius 1 is 1.09 bits per heavy atom. The van der Waals surface area contributed by atoms with Crippen LogP contribution in [0.2, 0.25) is 10.0 Å². The van der Waals surface area contributed by atoms with Crippen molar-refractivity contribution in [2.24, 2.45) is 0 Å². The van der Waals surface area contributed by atoms with Crippen LogP contribution in [0.15, 0.2) is 54.9 Å². The molecule has 1 aliphatic heterocycles. The van der Waals surface area contributed by atoms with E-state index in [1.807, 2.05) is 0 Å². The van der Waals surface area contributed by atoms with E-state index in [2.05, 4.69) is 15.4 Å². The Hall–Kier alpha value is -3.01. The molecule has 34 heavy (non-hydrogen) atoms. The van der Waals surface area contributed by atoms with Gasteiger partial charge in [-0.1, -0.05) is 41.4 Å². The normalized spacial score (nSPS) is 17.2. The highest BCUT2D eigenvalue weighted by molar-refractivity contribution is 7.91. The number of benzene rings is 2. The molecule has 7 nitrogen and oxygen atoms in total. The first-order valence-corrected chi connectivity index (χ1v) is 12.9. The first-order valence-electron chi connectivity index (χ1n) is 10.3. The molecule has 2 aromatic heterocycles. The van der Waals surface area contributed by atoms with Crippen molar-refractivity contribution < 1.29 is 17.6 Å². The van der Waals surface area contributed by atoms with E-state index in [-0.39, 0.29) is 33.3 Å². The van der Waals surface area contributed by atoms with Gasteiger partial charge in [0.05, 0.1) is 23.4 Å². The number of halogens is 3. The number of carbonyl (C=O) groups excluding carboxylic acids is 1. The molecule has 1 N–H and O–H groups in total. The molecule has 1 saturated heterocycles. The lowest BCUT2D eigenvalue weighted by atomic mass is 10.00.